The highest BCUT2D eigenvalue weighted by Crippen LogP contribution is 2.14. The Morgan fingerprint density at radius 2 is 2.05 bits per heavy atom. The zero-order valence-corrected chi connectivity index (χ0v) is 11.5. The maximum atomic E-state index is 12.6. The van der Waals surface area contributed by atoms with Gasteiger partial charge >= 0.3 is 5.97 Å². The van der Waals surface area contributed by atoms with Crippen molar-refractivity contribution < 1.29 is 9.53 Å². The van der Waals surface area contributed by atoms with E-state index in [4.69, 9.17) is 4.74 Å². The number of benzene rings is 1. The summed E-state index contributed by atoms with van der Waals surface area (Å²) in [7, 11) is 2.92. The van der Waals surface area contributed by atoms with Crippen LogP contribution in [0.4, 0.5) is 0 Å². The first-order valence-electron chi connectivity index (χ1n) is 6.20. The van der Waals surface area contributed by atoms with Crippen LogP contribution in [-0.4, -0.2) is 32.4 Å². The van der Waals surface area contributed by atoms with Crippen LogP contribution in [0.3, 0.4) is 0 Å². The molecule has 2 aromatic heterocycles. The third-order valence-corrected chi connectivity index (χ3v) is 3.21. The summed E-state index contributed by atoms with van der Waals surface area (Å²) in [6.07, 6.45) is 2.75. The number of methoxy groups -OCH3 is 1. The summed E-state index contributed by atoms with van der Waals surface area (Å²) >= 11 is 0. The van der Waals surface area contributed by atoms with Gasteiger partial charge in [0.2, 0.25) is 0 Å². The number of hydrogen-bond donors (Lipinski definition) is 0. The van der Waals surface area contributed by atoms with E-state index < -0.39 is 5.97 Å². The van der Waals surface area contributed by atoms with Gasteiger partial charge in [-0.1, -0.05) is 12.1 Å². The SMILES string of the molecule is COC(=O)c1cnn(C)c1-n1cnc2ccccc2c1=O. The topological polar surface area (TPSA) is 79.0 Å². The molecule has 0 saturated carbocycles. The lowest BCUT2D eigenvalue weighted by Crippen LogP contribution is -2.23. The Morgan fingerprint density at radius 3 is 2.81 bits per heavy atom. The largest absolute Gasteiger partial charge is 0.465 e. The summed E-state index contributed by atoms with van der Waals surface area (Å²) in [5.74, 6) is -0.233. The number of esters is 1. The highest BCUT2D eigenvalue weighted by molar-refractivity contribution is 5.92. The van der Waals surface area contributed by atoms with Gasteiger partial charge in [-0.15, -0.1) is 0 Å². The molecule has 0 spiro atoms. The van der Waals surface area contributed by atoms with Gasteiger partial charge in [0.25, 0.3) is 5.56 Å². The van der Waals surface area contributed by atoms with Gasteiger partial charge in [0, 0.05) is 7.05 Å². The molecular formula is C14H12N4O3. The van der Waals surface area contributed by atoms with E-state index in [-0.39, 0.29) is 11.1 Å². The first kappa shape index (κ1) is 13.0. The number of fused-ring (bicyclic) bond motifs is 1. The van der Waals surface area contributed by atoms with Crippen molar-refractivity contribution in [2.75, 3.05) is 7.11 Å². The molecule has 0 bridgehead atoms. The molecule has 0 aliphatic heterocycles. The second kappa shape index (κ2) is 4.86. The summed E-state index contributed by atoms with van der Waals surface area (Å²) in [5, 5.41) is 4.48. The van der Waals surface area contributed by atoms with Crippen molar-refractivity contribution in [2.24, 2.45) is 7.05 Å². The van der Waals surface area contributed by atoms with Gasteiger partial charge in [0.1, 0.15) is 11.9 Å². The average Bonchev–Trinajstić information content (AvgIpc) is 2.89. The number of hydrogen-bond acceptors (Lipinski definition) is 5. The molecular weight excluding hydrogens is 272 g/mol. The predicted molar refractivity (Wildman–Crippen MR) is 75.4 cm³/mol. The minimum atomic E-state index is -0.557. The van der Waals surface area contributed by atoms with E-state index in [0.29, 0.717) is 16.7 Å². The molecule has 21 heavy (non-hydrogen) atoms. The Labute approximate surface area is 119 Å². The third-order valence-electron chi connectivity index (χ3n) is 3.21. The first-order valence-corrected chi connectivity index (χ1v) is 6.20. The van der Waals surface area contributed by atoms with Crippen molar-refractivity contribution in [1.82, 2.24) is 19.3 Å². The van der Waals surface area contributed by atoms with Crippen LogP contribution in [0.25, 0.3) is 16.7 Å². The van der Waals surface area contributed by atoms with E-state index in [1.165, 1.54) is 28.9 Å². The minimum Gasteiger partial charge on any atom is -0.465 e. The van der Waals surface area contributed by atoms with E-state index in [1.807, 2.05) is 6.07 Å². The maximum Gasteiger partial charge on any atom is 0.343 e. The van der Waals surface area contributed by atoms with Crippen molar-refractivity contribution in [3.8, 4) is 5.82 Å². The fraction of sp³-hybridized carbons (Fsp3) is 0.143. The molecule has 0 aliphatic rings. The predicted octanol–water partition coefficient (Wildman–Crippen LogP) is 0.906. The lowest BCUT2D eigenvalue weighted by atomic mass is 10.2. The van der Waals surface area contributed by atoms with Crippen LogP contribution in [-0.2, 0) is 11.8 Å². The van der Waals surface area contributed by atoms with Gasteiger partial charge in [0.05, 0.1) is 24.2 Å². The highest BCUT2D eigenvalue weighted by atomic mass is 16.5. The van der Waals surface area contributed by atoms with Crippen LogP contribution in [0.15, 0.2) is 41.6 Å². The van der Waals surface area contributed by atoms with Gasteiger partial charge in [-0.05, 0) is 12.1 Å². The van der Waals surface area contributed by atoms with E-state index in [1.54, 1.807) is 25.2 Å². The molecule has 7 nitrogen and oxygen atoms in total. The lowest BCUT2D eigenvalue weighted by Gasteiger charge is -2.08. The van der Waals surface area contributed by atoms with Crippen molar-refractivity contribution in [3.05, 3.63) is 52.7 Å². The summed E-state index contributed by atoms with van der Waals surface area (Å²) in [5.41, 5.74) is 0.536. The van der Waals surface area contributed by atoms with Crippen LogP contribution in [0, 0.1) is 0 Å². The van der Waals surface area contributed by atoms with Gasteiger partial charge in [-0.3, -0.25) is 9.48 Å². The molecule has 106 valence electrons. The van der Waals surface area contributed by atoms with Gasteiger partial charge in [0.15, 0.2) is 5.82 Å². The molecule has 3 rings (SSSR count). The Bertz CT molecular complexity index is 895. The monoisotopic (exact) mass is 284 g/mol. The number of ether oxygens (including phenoxy) is 1. The highest BCUT2D eigenvalue weighted by Gasteiger charge is 2.19. The van der Waals surface area contributed by atoms with Crippen LogP contribution in [0.5, 0.6) is 0 Å². The van der Waals surface area contributed by atoms with Gasteiger partial charge in [-0.25, -0.2) is 14.3 Å². The Hall–Kier alpha value is -2.96. The van der Waals surface area contributed by atoms with Crippen molar-refractivity contribution in [3.63, 3.8) is 0 Å². The van der Waals surface area contributed by atoms with Gasteiger partial charge in [-0.2, -0.15) is 5.10 Å². The smallest absolute Gasteiger partial charge is 0.343 e. The van der Waals surface area contributed by atoms with Crippen LogP contribution < -0.4 is 5.56 Å². The number of aromatic nitrogens is 4. The molecule has 2 heterocycles. The molecule has 0 saturated heterocycles. The van der Waals surface area contributed by atoms with Crippen molar-refractivity contribution in [2.45, 2.75) is 0 Å². The van der Waals surface area contributed by atoms with E-state index in [2.05, 4.69) is 10.1 Å². The Kier molecular flexibility index (Phi) is 3.02. The third kappa shape index (κ3) is 1.99. The van der Waals surface area contributed by atoms with Crippen molar-refractivity contribution in [1.29, 1.82) is 0 Å². The zero-order chi connectivity index (χ0) is 15.0. The first-order chi connectivity index (χ1) is 10.1. The Morgan fingerprint density at radius 1 is 1.29 bits per heavy atom. The molecule has 0 fully saturated rings. The number of para-hydroxylation sites is 1. The zero-order valence-electron chi connectivity index (χ0n) is 11.5. The van der Waals surface area contributed by atoms with E-state index in [0.717, 1.165) is 0 Å². The summed E-state index contributed by atoms with van der Waals surface area (Å²) in [6.45, 7) is 0. The van der Waals surface area contributed by atoms with Crippen LogP contribution >= 0.6 is 0 Å². The van der Waals surface area contributed by atoms with E-state index >= 15 is 0 Å². The number of carbonyl (C=O) groups excluding carboxylic acids is 1. The maximum absolute atomic E-state index is 12.6. The second-order valence-electron chi connectivity index (χ2n) is 4.43. The van der Waals surface area contributed by atoms with E-state index in [9.17, 15) is 9.59 Å². The normalized spacial score (nSPS) is 10.8. The fourth-order valence-electron chi connectivity index (χ4n) is 2.19. The summed E-state index contributed by atoms with van der Waals surface area (Å²) < 4.78 is 7.44. The molecule has 1 aromatic carbocycles. The lowest BCUT2D eigenvalue weighted by molar-refractivity contribution is 0.0600. The molecule has 3 aromatic rings. The quantitative estimate of drug-likeness (QED) is 0.653. The number of aryl methyl sites for hydroxylation is 1. The molecule has 0 aliphatic carbocycles. The standard InChI is InChI=1S/C14H12N4O3/c1-17-12(10(7-16-17)14(20)21-2)18-8-15-11-6-4-3-5-9(11)13(18)19/h3-8H,1-2H3. The summed E-state index contributed by atoms with van der Waals surface area (Å²) in [6, 6.07) is 7.02. The number of rotatable bonds is 2. The molecule has 0 radical (unpaired) electrons. The molecule has 0 unspecified atom stereocenters. The van der Waals surface area contributed by atoms with Crippen LogP contribution in [0.1, 0.15) is 10.4 Å². The average molecular weight is 284 g/mol. The number of carbonyl (C=O) groups is 1. The fourth-order valence-corrected chi connectivity index (χ4v) is 2.19. The van der Waals surface area contributed by atoms with Crippen LogP contribution in [0.2, 0.25) is 0 Å². The molecule has 0 N–H and O–H groups in total. The number of nitrogens with zero attached hydrogens (tertiary/aromatic N) is 4. The van der Waals surface area contributed by atoms with Gasteiger partial charge < -0.3 is 4.74 Å². The molecule has 7 heteroatoms. The van der Waals surface area contributed by atoms with Crippen molar-refractivity contribution >= 4 is 16.9 Å². The molecule has 0 atom stereocenters. The Balaban J connectivity index is 2.31. The summed E-state index contributed by atoms with van der Waals surface area (Å²) in [4.78, 5) is 28.6. The minimum absolute atomic E-state index is 0.208. The molecule has 0 amide bonds. The second-order valence-corrected chi connectivity index (χ2v) is 4.43.